The van der Waals surface area contributed by atoms with E-state index >= 15 is 0 Å². The van der Waals surface area contributed by atoms with Crippen molar-refractivity contribution in [3.63, 3.8) is 0 Å². The Morgan fingerprint density at radius 3 is 2.48 bits per heavy atom. The van der Waals surface area contributed by atoms with Crippen molar-refractivity contribution in [1.29, 1.82) is 0 Å². The minimum absolute atomic E-state index is 0.00567. The van der Waals surface area contributed by atoms with Gasteiger partial charge in [0.15, 0.2) is 11.5 Å². The van der Waals surface area contributed by atoms with Crippen LogP contribution in [0.15, 0.2) is 18.2 Å². The minimum atomic E-state index is -0.00567. The van der Waals surface area contributed by atoms with Gasteiger partial charge in [-0.3, -0.25) is 4.79 Å². The first-order valence-corrected chi connectivity index (χ1v) is 7.34. The number of benzene rings is 1. The normalized spacial score (nSPS) is 17.4. The van der Waals surface area contributed by atoms with Crippen molar-refractivity contribution in [3.8, 4) is 11.5 Å². The van der Waals surface area contributed by atoms with Crippen LogP contribution in [0.1, 0.15) is 30.1 Å². The van der Waals surface area contributed by atoms with Gasteiger partial charge in [-0.2, -0.15) is 0 Å². The van der Waals surface area contributed by atoms with Crippen molar-refractivity contribution < 1.29 is 14.3 Å². The molecule has 1 amide bonds. The van der Waals surface area contributed by atoms with E-state index in [0.29, 0.717) is 23.0 Å². The summed E-state index contributed by atoms with van der Waals surface area (Å²) < 4.78 is 10.6. The molecule has 5 heteroatoms. The van der Waals surface area contributed by atoms with Gasteiger partial charge in [0.05, 0.1) is 19.8 Å². The van der Waals surface area contributed by atoms with Gasteiger partial charge in [0.1, 0.15) is 0 Å². The maximum absolute atomic E-state index is 12.7. The third-order valence-corrected chi connectivity index (χ3v) is 4.20. The van der Waals surface area contributed by atoms with Gasteiger partial charge in [0.2, 0.25) is 0 Å². The fourth-order valence-electron chi connectivity index (χ4n) is 2.85. The largest absolute Gasteiger partial charge is 0.493 e. The van der Waals surface area contributed by atoms with E-state index in [9.17, 15) is 4.79 Å². The SMILES string of the molecule is COc1cccc(C(=O)N2CCC(C(C)N)CC2)c1OC. The Morgan fingerprint density at radius 2 is 1.95 bits per heavy atom. The molecular weight excluding hydrogens is 268 g/mol. The topological polar surface area (TPSA) is 64.8 Å². The number of nitrogens with zero attached hydrogens (tertiary/aromatic N) is 1. The highest BCUT2D eigenvalue weighted by Gasteiger charge is 2.27. The molecule has 1 aromatic rings. The molecule has 2 rings (SSSR count). The monoisotopic (exact) mass is 292 g/mol. The summed E-state index contributed by atoms with van der Waals surface area (Å²) in [4.78, 5) is 14.6. The van der Waals surface area contributed by atoms with E-state index in [0.717, 1.165) is 25.9 Å². The predicted molar refractivity (Wildman–Crippen MR) is 81.8 cm³/mol. The lowest BCUT2D eigenvalue weighted by Gasteiger charge is -2.34. The molecule has 0 aromatic heterocycles. The Balaban J connectivity index is 2.14. The number of nitrogens with two attached hydrogens (primary N) is 1. The number of carbonyl (C=O) groups is 1. The number of hydrogen-bond acceptors (Lipinski definition) is 4. The van der Waals surface area contributed by atoms with E-state index in [-0.39, 0.29) is 11.9 Å². The maximum Gasteiger partial charge on any atom is 0.257 e. The van der Waals surface area contributed by atoms with Crippen molar-refractivity contribution in [3.05, 3.63) is 23.8 Å². The fourth-order valence-corrected chi connectivity index (χ4v) is 2.85. The van der Waals surface area contributed by atoms with Crippen molar-refractivity contribution in [2.24, 2.45) is 11.7 Å². The average molecular weight is 292 g/mol. The van der Waals surface area contributed by atoms with Crippen LogP contribution in [-0.2, 0) is 0 Å². The Morgan fingerprint density at radius 1 is 1.29 bits per heavy atom. The van der Waals surface area contributed by atoms with E-state index < -0.39 is 0 Å². The second kappa shape index (κ2) is 6.80. The molecule has 1 saturated heterocycles. The second-order valence-electron chi connectivity index (χ2n) is 5.53. The van der Waals surface area contributed by atoms with Crippen molar-refractivity contribution >= 4 is 5.91 Å². The smallest absolute Gasteiger partial charge is 0.257 e. The van der Waals surface area contributed by atoms with E-state index in [4.69, 9.17) is 15.2 Å². The Hall–Kier alpha value is -1.75. The van der Waals surface area contributed by atoms with Crippen LogP contribution in [0.25, 0.3) is 0 Å². The van der Waals surface area contributed by atoms with Crippen LogP contribution in [0.2, 0.25) is 0 Å². The number of rotatable bonds is 4. The Bertz CT molecular complexity index is 494. The van der Waals surface area contributed by atoms with Gasteiger partial charge in [0, 0.05) is 19.1 Å². The number of likely N-dealkylation sites (tertiary alicyclic amines) is 1. The molecule has 5 nitrogen and oxygen atoms in total. The molecule has 2 N–H and O–H groups in total. The Kier molecular flexibility index (Phi) is 5.07. The van der Waals surface area contributed by atoms with Crippen LogP contribution in [0, 0.1) is 5.92 Å². The average Bonchev–Trinajstić information content (AvgIpc) is 2.53. The van der Waals surface area contributed by atoms with Gasteiger partial charge in [-0.1, -0.05) is 6.07 Å². The van der Waals surface area contributed by atoms with Crippen LogP contribution >= 0.6 is 0 Å². The molecule has 0 aliphatic carbocycles. The molecule has 1 atom stereocenters. The number of ether oxygens (including phenoxy) is 2. The molecule has 0 saturated carbocycles. The molecule has 0 spiro atoms. The summed E-state index contributed by atoms with van der Waals surface area (Å²) in [5, 5.41) is 0. The summed E-state index contributed by atoms with van der Waals surface area (Å²) in [5.41, 5.74) is 6.50. The lowest BCUT2D eigenvalue weighted by Crippen LogP contribution is -2.42. The van der Waals surface area contributed by atoms with E-state index in [2.05, 4.69) is 0 Å². The van der Waals surface area contributed by atoms with Crippen molar-refractivity contribution in [2.75, 3.05) is 27.3 Å². The molecule has 1 fully saturated rings. The van der Waals surface area contributed by atoms with Crippen LogP contribution < -0.4 is 15.2 Å². The van der Waals surface area contributed by atoms with Crippen molar-refractivity contribution in [1.82, 2.24) is 4.90 Å². The molecule has 0 bridgehead atoms. The minimum Gasteiger partial charge on any atom is -0.493 e. The number of carbonyl (C=O) groups excluding carboxylic acids is 1. The first-order chi connectivity index (χ1) is 10.1. The first kappa shape index (κ1) is 15.6. The zero-order chi connectivity index (χ0) is 15.4. The molecule has 1 unspecified atom stereocenters. The lowest BCUT2D eigenvalue weighted by atomic mass is 9.90. The number of para-hydroxylation sites is 1. The molecule has 21 heavy (non-hydrogen) atoms. The standard InChI is InChI=1S/C16H24N2O3/c1-11(17)12-7-9-18(10-8-12)16(19)13-5-4-6-14(20-2)15(13)21-3/h4-6,11-12H,7-10,17H2,1-3H3. The number of piperidine rings is 1. The highest BCUT2D eigenvalue weighted by Crippen LogP contribution is 2.32. The third-order valence-electron chi connectivity index (χ3n) is 4.20. The molecule has 116 valence electrons. The molecule has 1 heterocycles. The molecule has 0 radical (unpaired) electrons. The number of amides is 1. The summed E-state index contributed by atoms with van der Waals surface area (Å²) in [6, 6.07) is 5.57. The summed E-state index contributed by atoms with van der Waals surface area (Å²) in [7, 11) is 3.12. The number of methoxy groups -OCH3 is 2. The summed E-state index contributed by atoms with van der Waals surface area (Å²) in [6.45, 7) is 3.52. The lowest BCUT2D eigenvalue weighted by molar-refractivity contribution is 0.0677. The van der Waals surface area contributed by atoms with Crippen LogP contribution in [0.4, 0.5) is 0 Å². The van der Waals surface area contributed by atoms with Crippen LogP contribution in [0.5, 0.6) is 11.5 Å². The van der Waals surface area contributed by atoms with Crippen LogP contribution in [0.3, 0.4) is 0 Å². The highest BCUT2D eigenvalue weighted by atomic mass is 16.5. The van der Waals surface area contributed by atoms with Crippen molar-refractivity contribution in [2.45, 2.75) is 25.8 Å². The summed E-state index contributed by atoms with van der Waals surface area (Å²) in [6.07, 6.45) is 1.91. The number of hydrogen-bond donors (Lipinski definition) is 1. The summed E-state index contributed by atoms with van der Waals surface area (Å²) >= 11 is 0. The van der Waals surface area contributed by atoms with Gasteiger partial charge >= 0.3 is 0 Å². The highest BCUT2D eigenvalue weighted by molar-refractivity contribution is 5.97. The van der Waals surface area contributed by atoms with Gasteiger partial charge in [-0.05, 0) is 37.8 Å². The molecule has 1 aliphatic heterocycles. The molecular formula is C16H24N2O3. The molecule has 1 aromatic carbocycles. The van der Waals surface area contributed by atoms with Gasteiger partial charge in [-0.15, -0.1) is 0 Å². The maximum atomic E-state index is 12.7. The summed E-state index contributed by atoms with van der Waals surface area (Å²) in [5.74, 6) is 1.57. The zero-order valence-electron chi connectivity index (χ0n) is 13.0. The van der Waals surface area contributed by atoms with Gasteiger partial charge < -0.3 is 20.1 Å². The van der Waals surface area contributed by atoms with E-state index in [1.807, 2.05) is 17.9 Å². The van der Waals surface area contributed by atoms with E-state index in [1.165, 1.54) is 0 Å². The predicted octanol–water partition coefficient (Wildman–Crippen LogP) is 1.90. The second-order valence-corrected chi connectivity index (χ2v) is 5.53. The Labute approximate surface area is 126 Å². The third kappa shape index (κ3) is 3.29. The van der Waals surface area contributed by atoms with Gasteiger partial charge in [0.25, 0.3) is 5.91 Å². The van der Waals surface area contributed by atoms with E-state index in [1.54, 1.807) is 26.4 Å². The quantitative estimate of drug-likeness (QED) is 0.920. The zero-order valence-corrected chi connectivity index (χ0v) is 13.0. The molecule has 1 aliphatic rings. The fraction of sp³-hybridized carbons (Fsp3) is 0.562. The van der Waals surface area contributed by atoms with Crippen LogP contribution in [-0.4, -0.2) is 44.2 Å². The first-order valence-electron chi connectivity index (χ1n) is 7.34. The van der Waals surface area contributed by atoms with Gasteiger partial charge in [-0.25, -0.2) is 0 Å².